The van der Waals surface area contributed by atoms with Crippen LogP contribution in [0.25, 0.3) is 0 Å². The van der Waals surface area contributed by atoms with Crippen LogP contribution in [0.2, 0.25) is 0 Å². The number of hydrogen-bond acceptors (Lipinski definition) is 7. The van der Waals surface area contributed by atoms with E-state index in [0.717, 1.165) is 4.88 Å². The lowest BCUT2D eigenvalue weighted by atomic mass is 10.1. The highest BCUT2D eigenvalue weighted by atomic mass is 32.1. The van der Waals surface area contributed by atoms with E-state index in [0.29, 0.717) is 12.8 Å². The van der Waals surface area contributed by atoms with Gasteiger partial charge in [-0.2, -0.15) is 0 Å². The molecule has 0 bridgehead atoms. The van der Waals surface area contributed by atoms with Gasteiger partial charge in [0.15, 0.2) is 5.75 Å². The van der Waals surface area contributed by atoms with Crippen LogP contribution in [0.1, 0.15) is 34.1 Å². The minimum absolute atomic E-state index is 0.0222. The topological polar surface area (TPSA) is 98.7 Å². The number of carbonyl (C=O) groups is 1. The Morgan fingerprint density at radius 2 is 1.87 bits per heavy atom. The molecule has 0 unspecified atom stereocenters. The van der Waals surface area contributed by atoms with E-state index in [9.17, 15) is 23.9 Å². The summed E-state index contributed by atoms with van der Waals surface area (Å²) < 4.78 is 14.9. The van der Waals surface area contributed by atoms with Crippen molar-refractivity contribution in [1.29, 1.82) is 0 Å². The molecule has 1 aliphatic rings. The number of nitrogens with zero attached hydrogens (tertiary/aromatic N) is 1. The fourth-order valence-corrected chi connectivity index (χ4v) is 4.18. The number of thiophene rings is 1. The highest BCUT2D eigenvalue weighted by Gasteiger charge is 2.52. The van der Waals surface area contributed by atoms with Crippen LogP contribution in [-0.4, -0.2) is 35.7 Å². The average molecular weight is 429 g/mol. The number of phenolic OH excluding ortho intramolecular Hbond substituents is 1. The smallest absolute Gasteiger partial charge is 0.257 e. The minimum atomic E-state index is -1.47. The number of amides is 1. The zero-order chi connectivity index (χ0) is 21.6. The maximum atomic E-state index is 14.9. The second kappa shape index (κ2) is 7.24. The second-order valence-corrected chi connectivity index (χ2v) is 8.54. The van der Waals surface area contributed by atoms with Crippen LogP contribution in [0.3, 0.4) is 0 Å². The van der Waals surface area contributed by atoms with Crippen LogP contribution in [0.15, 0.2) is 45.3 Å². The van der Waals surface area contributed by atoms with Crippen LogP contribution in [0, 0.1) is 0 Å². The highest BCUT2D eigenvalue weighted by molar-refractivity contribution is 7.10. The lowest BCUT2D eigenvalue weighted by Gasteiger charge is -2.25. The van der Waals surface area contributed by atoms with Crippen molar-refractivity contribution >= 4 is 34.3 Å². The Hall–Kier alpha value is -3.20. The Labute approximate surface area is 175 Å². The van der Waals surface area contributed by atoms with E-state index in [-0.39, 0.29) is 28.4 Å². The Balaban J connectivity index is 1.65. The van der Waals surface area contributed by atoms with Gasteiger partial charge < -0.3 is 20.6 Å². The molecule has 3 N–H and O–H groups in total. The van der Waals surface area contributed by atoms with E-state index < -0.39 is 28.5 Å². The molecule has 3 aromatic rings. The van der Waals surface area contributed by atoms with Crippen molar-refractivity contribution in [2.75, 3.05) is 24.7 Å². The SMILES string of the molecule is CN(C)C(=O)c1cccc(Nc2c(N[C@@H](c3cccs3)C3(F)CC3)c(=O)c2=O)c1O. The summed E-state index contributed by atoms with van der Waals surface area (Å²) in [6.45, 7) is 0. The Kier molecular flexibility index (Phi) is 4.85. The molecular formula is C21H20FN3O4S. The summed E-state index contributed by atoms with van der Waals surface area (Å²) in [5.74, 6) is -0.750. The van der Waals surface area contributed by atoms with Gasteiger partial charge >= 0.3 is 0 Å². The first-order valence-electron chi connectivity index (χ1n) is 9.36. The first-order chi connectivity index (χ1) is 14.2. The summed E-state index contributed by atoms with van der Waals surface area (Å²) in [5, 5.41) is 18.0. The van der Waals surface area contributed by atoms with E-state index >= 15 is 0 Å². The summed E-state index contributed by atoms with van der Waals surface area (Å²) in [6.07, 6.45) is 0.743. The number of benzene rings is 1. The van der Waals surface area contributed by atoms with Crippen LogP contribution in [0.4, 0.5) is 21.5 Å². The number of nitrogens with one attached hydrogen (secondary N) is 2. The van der Waals surface area contributed by atoms with Crippen molar-refractivity contribution < 1.29 is 14.3 Å². The number of alkyl halides is 1. The van der Waals surface area contributed by atoms with Crippen molar-refractivity contribution in [3.8, 4) is 5.75 Å². The van der Waals surface area contributed by atoms with Gasteiger partial charge in [0.1, 0.15) is 17.0 Å². The predicted molar refractivity (Wildman–Crippen MR) is 115 cm³/mol. The van der Waals surface area contributed by atoms with Crippen LogP contribution in [0.5, 0.6) is 5.75 Å². The number of hydrogen-bond donors (Lipinski definition) is 3. The fraction of sp³-hybridized carbons (Fsp3) is 0.286. The quantitative estimate of drug-likeness (QED) is 0.394. The van der Waals surface area contributed by atoms with Gasteiger partial charge in [-0.05, 0) is 36.4 Å². The third-order valence-electron chi connectivity index (χ3n) is 5.20. The number of aromatic hydroxyl groups is 1. The summed E-state index contributed by atoms with van der Waals surface area (Å²) >= 11 is 1.37. The Morgan fingerprint density at radius 1 is 1.17 bits per heavy atom. The molecule has 4 rings (SSSR count). The van der Waals surface area contributed by atoms with Crippen molar-refractivity contribution in [2.24, 2.45) is 0 Å². The lowest BCUT2D eigenvalue weighted by Crippen LogP contribution is -2.39. The number of rotatable bonds is 7. The first-order valence-corrected chi connectivity index (χ1v) is 10.2. The third-order valence-corrected chi connectivity index (χ3v) is 6.14. The molecule has 1 saturated carbocycles. The second-order valence-electron chi connectivity index (χ2n) is 7.56. The van der Waals surface area contributed by atoms with Gasteiger partial charge in [0.2, 0.25) is 0 Å². The summed E-state index contributed by atoms with van der Waals surface area (Å²) in [7, 11) is 3.10. The van der Waals surface area contributed by atoms with Crippen molar-refractivity contribution in [3.05, 3.63) is 66.6 Å². The zero-order valence-corrected chi connectivity index (χ0v) is 17.2. The molecule has 1 aliphatic carbocycles. The maximum Gasteiger partial charge on any atom is 0.257 e. The van der Waals surface area contributed by atoms with E-state index in [4.69, 9.17) is 0 Å². The molecule has 1 atom stereocenters. The van der Waals surface area contributed by atoms with Crippen LogP contribution >= 0.6 is 11.3 Å². The largest absolute Gasteiger partial charge is 0.505 e. The van der Waals surface area contributed by atoms with Gasteiger partial charge in [-0.1, -0.05) is 12.1 Å². The van der Waals surface area contributed by atoms with E-state index in [1.807, 2.05) is 5.38 Å². The molecule has 7 nitrogen and oxygen atoms in total. The van der Waals surface area contributed by atoms with Crippen molar-refractivity contribution in [2.45, 2.75) is 24.6 Å². The molecule has 156 valence electrons. The number of phenols is 1. The van der Waals surface area contributed by atoms with Gasteiger partial charge in [0.05, 0.1) is 17.3 Å². The first kappa shape index (κ1) is 20.1. The molecule has 0 aliphatic heterocycles. The lowest BCUT2D eigenvalue weighted by molar-refractivity contribution is 0.0824. The highest BCUT2D eigenvalue weighted by Crippen LogP contribution is 2.52. The number of carbonyl (C=O) groups excluding carboxylic acids is 1. The summed E-state index contributed by atoms with van der Waals surface area (Å²) in [5.41, 5.74) is -2.91. The third kappa shape index (κ3) is 3.35. The number of halogens is 1. The molecule has 2 aromatic carbocycles. The van der Waals surface area contributed by atoms with E-state index in [1.54, 1.807) is 32.3 Å². The molecule has 0 saturated heterocycles. The maximum absolute atomic E-state index is 14.9. The average Bonchev–Trinajstić information content (AvgIpc) is 3.24. The molecule has 1 aromatic heterocycles. The van der Waals surface area contributed by atoms with E-state index in [2.05, 4.69) is 10.6 Å². The molecule has 1 fully saturated rings. The monoisotopic (exact) mass is 429 g/mol. The molecular weight excluding hydrogens is 409 g/mol. The van der Waals surface area contributed by atoms with Crippen LogP contribution in [-0.2, 0) is 0 Å². The molecule has 0 spiro atoms. The van der Waals surface area contributed by atoms with Gasteiger partial charge in [-0.3, -0.25) is 14.4 Å². The molecule has 1 amide bonds. The molecule has 9 heteroatoms. The number of anilines is 3. The van der Waals surface area contributed by atoms with Gasteiger partial charge in [0.25, 0.3) is 16.8 Å². The molecule has 30 heavy (non-hydrogen) atoms. The summed E-state index contributed by atoms with van der Waals surface area (Å²) in [6, 6.07) is 7.33. The Morgan fingerprint density at radius 3 is 2.47 bits per heavy atom. The molecule has 0 radical (unpaired) electrons. The standard InChI is InChI=1S/C21H20FN3O4S/c1-25(2)20(29)11-5-3-6-12(16(11)26)23-14-15(18(28)17(14)27)24-19(21(22)8-9-21)13-7-4-10-30-13/h3-7,10,19,23-24,26H,8-9H2,1-2H3/t19-/m0/s1. The van der Waals surface area contributed by atoms with Gasteiger partial charge in [0, 0.05) is 19.0 Å². The van der Waals surface area contributed by atoms with Crippen molar-refractivity contribution in [1.82, 2.24) is 4.90 Å². The summed E-state index contributed by atoms with van der Waals surface area (Å²) in [4.78, 5) is 38.7. The molecule has 1 heterocycles. The van der Waals surface area contributed by atoms with Crippen molar-refractivity contribution in [3.63, 3.8) is 0 Å². The van der Waals surface area contributed by atoms with E-state index in [1.165, 1.54) is 28.4 Å². The normalized spacial score (nSPS) is 15.6. The van der Waals surface area contributed by atoms with Crippen LogP contribution < -0.4 is 21.5 Å². The number of para-hydroxylation sites is 1. The fourth-order valence-electron chi connectivity index (χ4n) is 3.30. The minimum Gasteiger partial charge on any atom is -0.505 e. The van der Waals surface area contributed by atoms with Gasteiger partial charge in [-0.25, -0.2) is 4.39 Å². The Bertz CT molecular complexity index is 1180. The van der Waals surface area contributed by atoms with Gasteiger partial charge in [-0.15, -0.1) is 11.3 Å². The zero-order valence-electron chi connectivity index (χ0n) is 16.4. The predicted octanol–water partition coefficient (Wildman–Crippen LogP) is 3.15.